The Morgan fingerprint density at radius 2 is 2.21 bits per heavy atom. The van der Waals surface area contributed by atoms with Gasteiger partial charge in [-0.25, -0.2) is 4.98 Å². The lowest BCUT2D eigenvalue weighted by atomic mass is 10.1. The van der Waals surface area contributed by atoms with E-state index in [9.17, 15) is 0 Å². The van der Waals surface area contributed by atoms with E-state index in [2.05, 4.69) is 53.1 Å². The van der Waals surface area contributed by atoms with E-state index < -0.39 is 0 Å². The van der Waals surface area contributed by atoms with Crippen molar-refractivity contribution in [2.45, 2.75) is 68.2 Å². The largest absolute Gasteiger partial charge is 0.335 e. The molecule has 0 saturated carbocycles. The molecule has 0 N–H and O–H groups in total. The van der Waals surface area contributed by atoms with Crippen LogP contribution in [-0.2, 0) is 6.54 Å². The zero-order valence-corrected chi connectivity index (χ0v) is 13.8. The molecule has 0 spiro atoms. The van der Waals surface area contributed by atoms with Gasteiger partial charge in [0.2, 0.25) is 0 Å². The molecule has 2 atom stereocenters. The van der Waals surface area contributed by atoms with Crippen molar-refractivity contribution in [1.29, 1.82) is 0 Å². The Labute approximate surface area is 126 Å². The molecule has 2 unspecified atom stereocenters. The molecule has 0 bridgehead atoms. The Morgan fingerprint density at radius 3 is 2.84 bits per heavy atom. The van der Waals surface area contributed by atoms with Gasteiger partial charge in [-0.15, -0.1) is 23.5 Å². The van der Waals surface area contributed by atoms with Crippen LogP contribution in [0.5, 0.6) is 0 Å². The lowest BCUT2D eigenvalue weighted by molar-refractivity contribution is 0.545. The van der Waals surface area contributed by atoms with Crippen LogP contribution in [0.4, 0.5) is 0 Å². The Balaban J connectivity index is 1.93. The lowest BCUT2D eigenvalue weighted by Gasteiger charge is -2.28. The highest BCUT2D eigenvalue weighted by Crippen LogP contribution is 2.52. The monoisotopic (exact) mass is 298 g/mol. The minimum Gasteiger partial charge on any atom is -0.335 e. The van der Waals surface area contributed by atoms with E-state index in [1.165, 1.54) is 44.3 Å². The molecule has 2 heterocycles. The van der Waals surface area contributed by atoms with Crippen LogP contribution >= 0.6 is 23.5 Å². The molecule has 4 heteroatoms. The summed E-state index contributed by atoms with van der Waals surface area (Å²) in [5.41, 5.74) is 0. The molecule has 1 aromatic rings. The van der Waals surface area contributed by atoms with Crippen molar-refractivity contribution in [3.05, 3.63) is 18.7 Å². The number of thioether (sulfide) groups is 2. The van der Waals surface area contributed by atoms with Crippen LogP contribution < -0.4 is 0 Å². The van der Waals surface area contributed by atoms with Gasteiger partial charge in [-0.3, -0.25) is 0 Å². The SMILES string of the molecule is CCCCCCC1(Cn2ccnc2)SCC(CC)S1. The Kier molecular flexibility index (Phi) is 6.14. The number of hydrogen-bond acceptors (Lipinski definition) is 3. The summed E-state index contributed by atoms with van der Waals surface area (Å²) in [5.74, 6) is 1.32. The van der Waals surface area contributed by atoms with Gasteiger partial charge in [0.05, 0.1) is 10.4 Å². The van der Waals surface area contributed by atoms with Gasteiger partial charge in [0, 0.05) is 29.9 Å². The maximum Gasteiger partial charge on any atom is 0.0946 e. The predicted molar refractivity (Wildman–Crippen MR) is 87.8 cm³/mol. The van der Waals surface area contributed by atoms with Gasteiger partial charge >= 0.3 is 0 Å². The fourth-order valence-electron chi connectivity index (χ4n) is 2.59. The van der Waals surface area contributed by atoms with E-state index in [0.29, 0.717) is 4.08 Å². The Hall–Kier alpha value is -0.0900. The van der Waals surface area contributed by atoms with E-state index in [4.69, 9.17) is 0 Å². The number of aromatic nitrogens is 2. The summed E-state index contributed by atoms with van der Waals surface area (Å²) >= 11 is 4.42. The number of unbranched alkanes of at least 4 members (excludes halogenated alkanes) is 3. The molecule has 1 aromatic heterocycles. The number of hydrogen-bond donors (Lipinski definition) is 0. The molecule has 1 saturated heterocycles. The quantitative estimate of drug-likeness (QED) is 0.642. The number of rotatable bonds is 8. The molecule has 1 aliphatic heterocycles. The molecule has 19 heavy (non-hydrogen) atoms. The molecule has 2 nitrogen and oxygen atoms in total. The van der Waals surface area contributed by atoms with Crippen LogP contribution in [0.3, 0.4) is 0 Å². The van der Waals surface area contributed by atoms with Crippen LogP contribution in [0, 0.1) is 0 Å². The minimum absolute atomic E-state index is 0.398. The van der Waals surface area contributed by atoms with Gasteiger partial charge in [-0.1, -0.05) is 39.5 Å². The second-order valence-electron chi connectivity index (χ2n) is 5.42. The predicted octanol–water partition coefficient (Wildman–Crippen LogP) is 4.81. The highest BCUT2D eigenvalue weighted by Gasteiger charge is 2.39. The maximum atomic E-state index is 4.19. The van der Waals surface area contributed by atoms with Crippen molar-refractivity contribution in [3.63, 3.8) is 0 Å². The van der Waals surface area contributed by atoms with Crippen LogP contribution in [0.1, 0.15) is 52.4 Å². The third-order valence-electron chi connectivity index (χ3n) is 3.76. The van der Waals surface area contributed by atoms with Crippen molar-refractivity contribution in [2.24, 2.45) is 0 Å². The third-order valence-corrected chi connectivity index (χ3v) is 7.64. The first-order valence-electron chi connectivity index (χ1n) is 7.55. The van der Waals surface area contributed by atoms with Gasteiger partial charge in [-0.05, 0) is 12.8 Å². The molecular formula is C15H26N2S2. The van der Waals surface area contributed by atoms with Crippen molar-refractivity contribution in [2.75, 3.05) is 5.75 Å². The number of imidazole rings is 1. The topological polar surface area (TPSA) is 17.8 Å². The summed E-state index contributed by atoms with van der Waals surface area (Å²) in [4.78, 5) is 4.19. The normalized spacial score (nSPS) is 26.9. The van der Waals surface area contributed by atoms with Crippen LogP contribution in [-0.4, -0.2) is 24.6 Å². The standard InChI is InChI=1S/C15H26N2S2/c1-3-5-6-7-8-15(12-17-10-9-16-13-17)18-11-14(4-2)19-15/h9-10,13-14H,3-8,11-12H2,1-2H3. The second-order valence-corrected chi connectivity index (χ2v) is 8.76. The van der Waals surface area contributed by atoms with Gasteiger partial charge in [-0.2, -0.15) is 0 Å². The van der Waals surface area contributed by atoms with E-state index in [0.717, 1.165) is 11.8 Å². The minimum atomic E-state index is 0.398. The maximum absolute atomic E-state index is 4.19. The average molecular weight is 299 g/mol. The highest BCUT2D eigenvalue weighted by atomic mass is 32.2. The Morgan fingerprint density at radius 1 is 1.32 bits per heavy atom. The first-order valence-corrected chi connectivity index (χ1v) is 9.42. The summed E-state index contributed by atoms with van der Waals surface area (Å²) in [7, 11) is 0. The van der Waals surface area contributed by atoms with Gasteiger partial charge < -0.3 is 4.57 Å². The van der Waals surface area contributed by atoms with E-state index >= 15 is 0 Å². The third kappa shape index (κ3) is 4.45. The molecule has 0 radical (unpaired) electrons. The summed E-state index contributed by atoms with van der Waals surface area (Å²) in [6.45, 7) is 5.72. The molecule has 1 fully saturated rings. The average Bonchev–Trinajstić information content (AvgIpc) is 3.05. The van der Waals surface area contributed by atoms with Crippen molar-refractivity contribution in [3.8, 4) is 0 Å². The zero-order chi connectivity index (χ0) is 13.6. The summed E-state index contributed by atoms with van der Waals surface area (Å²) in [6, 6.07) is 0. The molecule has 0 aliphatic carbocycles. The first-order chi connectivity index (χ1) is 9.28. The summed E-state index contributed by atoms with van der Waals surface area (Å²) < 4.78 is 2.66. The van der Waals surface area contributed by atoms with Crippen LogP contribution in [0.15, 0.2) is 18.7 Å². The Bertz CT molecular complexity index is 353. The first kappa shape index (κ1) is 15.3. The molecule has 2 rings (SSSR count). The van der Waals surface area contributed by atoms with Gasteiger partial charge in [0.1, 0.15) is 0 Å². The highest BCUT2D eigenvalue weighted by molar-refractivity contribution is 8.21. The summed E-state index contributed by atoms with van der Waals surface area (Å²) in [6.07, 6.45) is 14.1. The molecule has 108 valence electrons. The fourth-order valence-corrected chi connectivity index (χ4v) is 6.47. The van der Waals surface area contributed by atoms with Gasteiger partial charge in [0.25, 0.3) is 0 Å². The van der Waals surface area contributed by atoms with Gasteiger partial charge in [0.15, 0.2) is 0 Å². The lowest BCUT2D eigenvalue weighted by Crippen LogP contribution is -2.24. The zero-order valence-electron chi connectivity index (χ0n) is 12.2. The van der Waals surface area contributed by atoms with Crippen LogP contribution in [0.25, 0.3) is 0 Å². The summed E-state index contributed by atoms with van der Waals surface area (Å²) in [5, 5.41) is 0.847. The number of nitrogens with zero attached hydrogens (tertiary/aromatic N) is 2. The van der Waals surface area contributed by atoms with Crippen molar-refractivity contribution < 1.29 is 0 Å². The van der Waals surface area contributed by atoms with E-state index in [1.54, 1.807) is 0 Å². The molecule has 0 amide bonds. The van der Waals surface area contributed by atoms with Crippen molar-refractivity contribution in [1.82, 2.24) is 9.55 Å². The van der Waals surface area contributed by atoms with E-state index in [-0.39, 0.29) is 0 Å². The molecular weight excluding hydrogens is 272 g/mol. The van der Waals surface area contributed by atoms with E-state index in [1.807, 2.05) is 12.5 Å². The van der Waals surface area contributed by atoms with Crippen LogP contribution in [0.2, 0.25) is 0 Å². The fraction of sp³-hybridized carbons (Fsp3) is 0.800. The molecule has 0 aromatic carbocycles. The van der Waals surface area contributed by atoms with Crippen molar-refractivity contribution >= 4 is 23.5 Å². The molecule has 1 aliphatic rings. The second kappa shape index (κ2) is 7.63. The smallest absolute Gasteiger partial charge is 0.0946 e.